The number of phenols is 2. The number of alkyl carbamates (subject to hydrolysis) is 1. The summed E-state index contributed by atoms with van der Waals surface area (Å²) in [5, 5.41) is 25.0. The molecule has 0 saturated heterocycles. The Bertz CT molecular complexity index is 550. The summed E-state index contributed by atoms with van der Waals surface area (Å²) >= 11 is 0. The van der Waals surface area contributed by atoms with Crippen LogP contribution < -0.4 is 10.6 Å². The summed E-state index contributed by atoms with van der Waals surface area (Å²) in [6, 6.07) is 4.31. The van der Waals surface area contributed by atoms with Gasteiger partial charge in [0, 0.05) is 24.7 Å². The third-order valence-electron chi connectivity index (χ3n) is 2.95. The minimum Gasteiger partial charge on any atom is -0.508 e. The van der Waals surface area contributed by atoms with E-state index < -0.39 is 11.7 Å². The van der Waals surface area contributed by atoms with Crippen LogP contribution in [0.25, 0.3) is 0 Å². The molecule has 23 heavy (non-hydrogen) atoms. The second-order valence-corrected chi connectivity index (χ2v) is 6.23. The Balaban J connectivity index is 2.31. The van der Waals surface area contributed by atoms with Gasteiger partial charge in [0.05, 0.1) is 0 Å². The molecule has 0 bridgehead atoms. The standard InChI is InChI=1S/C17H26N2O4/c1-12(14-11-13(20)7-8-15(14)21)18-9-5-6-10-19-16(22)23-17(2,3)4/h5-8,11-12,18,20-21H,9-10H2,1-4H3,(H,19,22)/b6-5+. The van der Waals surface area contributed by atoms with E-state index in [1.54, 1.807) is 0 Å². The van der Waals surface area contributed by atoms with E-state index in [9.17, 15) is 15.0 Å². The zero-order chi connectivity index (χ0) is 17.5. The number of ether oxygens (including phenoxy) is 1. The number of carbonyl (C=O) groups excluding carboxylic acids is 1. The molecule has 0 aliphatic carbocycles. The van der Waals surface area contributed by atoms with Crippen LogP contribution in [0.4, 0.5) is 4.79 Å². The Morgan fingerprint density at radius 3 is 2.57 bits per heavy atom. The zero-order valence-electron chi connectivity index (χ0n) is 14.1. The SMILES string of the molecule is CC(NC/C=C/CNC(=O)OC(C)(C)C)c1cc(O)ccc1O. The van der Waals surface area contributed by atoms with Crippen LogP contribution in [0.15, 0.2) is 30.4 Å². The summed E-state index contributed by atoms with van der Waals surface area (Å²) in [7, 11) is 0. The van der Waals surface area contributed by atoms with Gasteiger partial charge in [0.1, 0.15) is 17.1 Å². The van der Waals surface area contributed by atoms with Crippen LogP contribution in [-0.2, 0) is 4.74 Å². The number of hydrogen-bond acceptors (Lipinski definition) is 5. The number of nitrogens with one attached hydrogen (secondary N) is 2. The van der Waals surface area contributed by atoms with Crippen LogP contribution in [0, 0.1) is 0 Å². The lowest BCUT2D eigenvalue weighted by Gasteiger charge is -2.19. The third kappa shape index (κ3) is 7.56. The van der Waals surface area contributed by atoms with Gasteiger partial charge in [-0.3, -0.25) is 0 Å². The van der Waals surface area contributed by atoms with E-state index in [-0.39, 0.29) is 17.5 Å². The fourth-order valence-electron chi connectivity index (χ4n) is 1.87. The van der Waals surface area contributed by atoms with Gasteiger partial charge >= 0.3 is 6.09 Å². The number of aromatic hydroxyl groups is 2. The van der Waals surface area contributed by atoms with E-state index in [1.165, 1.54) is 18.2 Å². The van der Waals surface area contributed by atoms with E-state index in [4.69, 9.17) is 4.74 Å². The van der Waals surface area contributed by atoms with Crippen molar-refractivity contribution in [2.75, 3.05) is 13.1 Å². The lowest BCUT2D eigenvalue weighted by molar-refractivity contribution is 0.0534. The van der Waals surface area contributed by atoms with Crippen LogP contribution in [0.3, 0.4) is 0 Å². The van der Waals surface area contributed by atoms with E-state index >= 15 is 0 Å². The van der Waals surface area contributed by atoms with Gasteiger partial charge in [0.15, 0.2) is 0 Å². The molecule has 6 heteroatoms. The Morgan fingerprint density at radius 2 is 1.91 bits per heavy atom. The van der Waals surface area contributed by atoms with Crippen molar-refractivity contribution in [2.24, 2.45) is 0 Å². The summed E-state index contributed by atoms with van der Waals surface area (Å²) in [6.45, 7) is 8.26. The largest absolute Gasteiger partial charge is 0.508 e. The molecular formula is C17H26N2O4. The van der Waals surface area contributed by atoms with Gasteiger partial charge in [-0.25, -0.2) is 4.79 Å². The molecule has 0 aromatic heterocycles. The Kier molecular flexibility index (Phi) is 6.90. The molecule has 0 saturated carbocycles. The highest BCUT2D eigenvalue weighted by molar-refractivity contribution is 5.67. The first-order valence-corrected chi connectivity index (χ1v) is 7.56. The van der Waals surface area contributed by atoms with E-state index in [0.717, 1.165) is 0 Å². The summed E-state index contributed by atoms with van der Waals surface area (Å²) < 4.78 is 5.11. The summed E-state index contributed by atoms with van der Waals surface area (Å²) in [4.78, 5) is 11.4. The van der Waals surface area contributed by atoms with Gasteiger partial charge in [0.25, 0.3) is 0 Å². The van der Waals surface area contributed by atoms with Crippen molar-refractivity contribution in [2.45, 2.75) is 39.3 Å². The molecule has 0 spiro atoms. The van der Waals surface area contributed by atoms with Gasteiger partial charge in [-0.1, -0.05) is 12.2 Å². The smallest absolute Gasteiger partial charge is 0.407 e. The number of hydrogen-bond donors (Lipinski definition) is 4. The van der Waals surface area contributed by atoms with E-state index in [2.05, 4.69) is 10.6 Å². The average molecular weight is 322 g/mol. The predicted molar refractivity (Wildman–Crippen MR) is 89.6 cm³/mol. The summed E-state index contributed by atoms with van der Waals surface area (Å²) in [5.41, 5.74) is 0.124. The molecule has 0 aliphatic rings. The maximum atomic E-state index is 11.4. The van der Waals surface area contributed by atoms with Crippen molar-refractivity contribution in [3.8, 4) is 11.5 Å². The van der Waals surface area contributed by atoms with Crippen molar-refractivity contribution in [3.63, 3.8) is 0 Å². The predicted octanol–water partition coefficient (Wildman–Crippen LogP) is 2.83. The molecule has 6 nitrogen and oxygen atoms in total. The van der Waals surface area contributed by atoms with Crippen molar-refractivity contribution in [1.82, 2.24) is 10.6 Å². The average Bonchev–Trinajstić information content (AvgIpc) is 2.43. The summed E-state index contributed by atoms with van der Waals surface area (Å²) in [5.74, 6) is 0.252. The zero-order valence-corrected chi connectivity index (χ0v) is 14.1. The monoisotopic (exact) mass is 322 g/mol. The number of rotatable bonds is 6. The molecule has 0 aliphatic heterocycles. The van der Waals surface area contributed by atoms with Crippen LogP contribution in [0.2, 0.25) is 0 Å². The first kappa shape index (κ1) is 18.8. The van der Waals surface area contributed by atoms with Gasteiger partial charge in [-0.15, -0.1) is 0 Å². The lowest BCUT2D eigenvalue weighted by atomic mass is 10.1. The quantitative estimate of drug-likeness (QED) is 0.477. The number of phenolic OH excluding ortho intramolecular Hbond substituents is 2. The van der Waals surface area contributed by atoms with Gasteiger partial charge in [-0.05, 0) is 45.9 Å². The normalized spacial score (nSPS) is 13.0. The maximum absolute atomic E-state index is 11.4. The highest BCUT2D eigenvalue weighted by atomic mass is 16.6. The molecule has 1 aromatic rings. The Hall–Kier alpha value is -2.21. The van der Waals surface area contributed by atoms with Crippen molar-refractivity contribution in [1.29, 1.82) is 0 Å². The minimum absolute atomic E-state index is 0.114. The topological polar surface area (TPSA) is 90.8 Å². The van der Waals surface area contributed by atoms with Gasteiger partial charge in [0.2, 0.25) is 0 Å². The van der Waals surface area contributed by atoms with Crippen LogP contribution >= 0.6 is 0 Å². The fraction of sp³-hybridized carbons (Fsp3) is 0.471. The molecule has 0 heterocycles. The molecule has 1 amide bonds. The second kappa shape index (κ2) is 8.43. The first-order chi connectivity index (χ1) is 10.7. The summed E-state index contributed by atoms with van der Waals surface area (Å²) in [6.07, 6.45) is 3.23. The lowest BCUT2D eigenvalue weighted by Crippen LogP contribution is -2.32. The van der Waals surface area contributed by atoms with Gasteiger partial charge in [-0.2, -0.15) is 0 Å². The highest BCUT2D eigenvalue weighted by Crippen LogP contribution is 2.27. The molecule has 1 atom stereocenters. The molecule has 0 radical (unpaired) electrons. The van der Waals surface area contributed by atoms with Crippen LogP contribution in [-0.4, -0.2) is 35.0 Å². The minimum atomic E-state index is -0.506. The Labute approximate surface area is 137 Å². The van der Waals surface area contributed by atoms with Crippen LogP contribution in [0.5, 0.6) is 11.5 Å². The molecule has 1 rings (SSSR count). The number of carbonyl (C=O) groups is 1. The van der Waals surface area contributed by atoms with Crippen LogP contribution in [0.1, 0.15) is 39.3 Å². The van der Waals surface area contributed by atoms with E-state index in [1.807, 2.05) is 39.8 Å². The Morgan fingerprint density at radius 1 is 1.26 bits per heavy atom. The number of amides is 1. The highest BCUT2D eigenvalue weighted by Gasteiger charge is 2.15. The van der Waals surface area contributed by atoms with E-state index in [0.29, 0.717) is 18.7 Å². The molecule has 0 fully saturated rings. The third-order valence-corrected chi connectivity index (χ3v) is 2.95. The van der Waals surface area contributed by atoms with Crippen molar-refractivity contribution < 1.29 is 19.7 Å². The van der Waals surface area contributed by atoms with Gasteiger partial charge < -0.3 is 25.6 Å². The molecule has 1 unspecified atom stereocenters. The maximum Gasteiger partial charge on any atom is 0.407 e. The van der Waals surface area contributed by atoms with Crippen molar-refractivity contribution in [3.05, 3.63) is 35.9 Å². The molecular weight excluding hydrogens is 296 g/mol. The molecule has 128 valence electrons. The first-order valence-electron chi connectivity index (χ1n) is 7.56. The molecule has 4 N–H and O–H groups in total. The molecule has 1 aromatic carbocycles. The fourth-order valence-corrected chi connectivity index (χ4v) is 1.87. The van der Waals surface area contributed by atoms with Crippen molar-refractivity contribution >= 4 is 6.09 Å². The number of benzene rings is 1. The second-order valence-electron chi connectivity index (χ2n) is 6.23.